The molecule has 0 radical (unpaired) electrons. The number of carbonyl (C=O) groups is 1. The van der Waals surface area contributed by atoms with Crippen molar-refractivity contribution in [2.75, 3.05) is 6.54 Å². The zero-order chi connectivity index (χ0) is 10.5. The first-order valence-corrected chi connectivity index (χ1v) is 5.30. The van der Waals surface area contributed by atoms with E-state index in [4.69, 9.17) is 4.74 Å². The van der Waals surface area contributed by atoms with E-state index in [2.05, 4.69) is 5.32 Å². The molecule has 1 unspecified atom stereocenters. The molecule has 1 aliphatic heterocycles. The molecule has 0 aliphatic carbocycles. The van der Waals surface area contributed by atoms with E-state index >= 15 is 0 Å². The van der Waals surface area contributed by atoms with Crippen molar-refractivity contribution in [2.24, 2.45) is 0 Å². The summed E-state index contributed by atoms with van der Waals surface area (Å²) in [6.07, 6.45) is 1.96. The molecular weight excluding hydrogens is 190 g/mol. The topological polar surface area (TPSA) is 38.3 Å². The molecule has 1 aliphatic rings. The van der Waals surface area contributed by atoms with Gasteiger partial charge in [-0.15, -0.1) is 0 Å². The Morgan fingerprint density at radius 3 is 2.87 bits per heavy atom. The Hall–Kier alpha value is -1.35. The highest BCUT2D eigenvalue weighted by atomic mass is 16.5. The third-order valence-electron chi connectivity index (χ3n) is 2.57. The predicted octanol–water partition coefficient (Wildman–Crippen LogP) is 1.48. The van der Waals surface area contributed by atoms with E-state index in [9.17, 15) is 4.79 Å². The smallest absolute Gasteiger partial charge is 0.323 e. The molecule has 1 aromatic carbocycles. The summed E-state index contributed by atoms with van der Waals surface area (Å²) < 4.78 is 5.21. The van der Waals surface area contributed by atoms with Crippen LogP contribution in [0.3, 0.4) is 0 Å². The summed E-state index contributed by atoms with van der Waals surface area (Å²) in [5.74, 6) is -0.128. The summed E-state index contributed by atoms with van der Waals surface area (Å²) >= 11 is 0. The first-order valence-electron chi connectivity index (χ1n) is 5.30. The lowest BCUT2D eigenvalue weighted by atomic mass is 10.2. The molecule has 1 saturated heterocycles. The quantitative estimate of drug-likeness (QED) is 0.760. The maximum Gasteiger partial charge on any atom is 0.323 e. The number of hydrogen-bond acceptors (Lipinski definition) is 3. The van der Waals surface area contributed by atoms with Crippen LogP contribution in [0.4, 0.5) is 0 Å². The van der Waals surface area contributed by atoms with Crippen molar-refractivity contribution in [3.63, 3.8) is 0 Å². The fourth-order valence-corrected chi connectivity index (χ4v) is 1.72. The molecule has 0 bridgehead atoms. The third kappa shape index (κ3) is 2.80. The largest absolute Gasteiger partial charge is 0.460 e. The van der Waals surface area contributed by atoms with E-state index in [0.717, 1.165) is 24.9 Å². The van der Waals surface area contributed by atoms with Gasteiger partial charge >= 0.3 is 5.97 Å². The zero-order valence-corrected chi connectivity index (χ0v) is 8.61. The summed E-state index contributed by atoms with van der Waals surface area (Å²) in [6, 6.07) is 9.65. The Balaban J connectivity index is 1.80. The van der Waals surface area contributed by atoms with Gasteiger partial charge in [-0.25, -0.2) is 0 Å². The van der Waals surface area contributed by atoms with Crippen LogP contribution in [0.1, 0.15) is 18.4 Å². The Bertz CT molecular complexity index is 318. The molecule has 15 heavy (non-hydrogen) atoms. The zero-order valence-electron chi connectivity index (χ0n) is 8.61. The molecule has 0 amide bonds. The van der Waals surface area contributed by atoms with Crippen LogP contribution < -0.4 is 5.32 Å². The number of ether oxygens (including phenoxy) is 1. The van der Waals surface area contributed by atoms with Gasteiger partial charge in [-0.3, -0.25) is 4.79 Å². The molecule has 80 valence electrons. The van der Waals surface area contributed by atoms with E-state index in [-0.39, 0.29) is 12.0 Å². The molecule has 1 aromatic rings. The van der Waals surface area contributed by atoms with E-state index in [1.54, 1.807) is 0 Å². The van der Waals surface area contributed by atoms with E-state index < -0.39 is 0 Å². The van der Waals surface area contributed by atoms with Crippen molar-refractivity contribution in [3.05, 3.63) is 35.9 Å². The standard InChI is InChI=1S/C12H15NO2/c14-12(11-7-4-8-13-11)15-9-10-5-2-1-3-6-10/h1-3,5-6,11,13H,4,7-9H2. The Kier molecular flexibility index (Phi) is 3.35. The lowest BCUT2D eigenvalue weighted by molar-refractivity contribution is -0.147. The number of carbonyl (C=O) groups excluding carboxylic acids is 1. The molecule has 1 heterocycles. The maximum absolute atomic E-state index is 11.5. The summed E-state index contributed by atoms with van der Waals surface area (Å²) in [7, 11) is 0. The first-order chi connectivity index (χ1) is 7.36. The monoisotopic (exact) mass is 205 g/mol. The molecule has 1 fully saturated rings. The first kappa shape index (κ1) is 10.2. The fourth-order valence-electron chi connectivity index (χ4n) is 1.72. The Labute approximate surface area is 89.4 Å². The molecule has 1 N–H and O–H groups in total. The predicted molar refractivity (Wildman–Crippen MR) is 57.3 cm³/mol. The maximum atomic E-state index is 11.5. The molecule has 2 rings (SSSR count). The summed E-state index contributed by atoms with van der Waals surface area (Å²) in [6.45, 7) is 1.29. The van der Waals surface area contributed by atoms with E-state index in [1.807, 2.05) is 30.3 Å². The van der Waals surface area contributed by atoms with Gasteiger partial charge in [0, 0.05) is 0 Å². The molecule has 3 nitrogen and oxygen atoms in total. The summed E-state index contributed by atoms with van der Waals surface area (Å²) in [5.41, 5.74) is 1.03. The number of hydrogen-bond donors (Lipinski definition) is 1. The number of nitrogens with one attached hydrogen (secondary N) is 1. The lowest BCUT2D eigenvalue weighted by Gasteiger charge is -2.09. The van der Waals surface area contributed by atoms with Crippen molar-refractivity contribution in [1.29, 1.82) is 0 Å². The summed E-state index contributed by atoms with van der Waals surface area (Å²) in [4.78, 5) is 11.5. The van der Waals surface area contributed by atoms with Gasteiger partial charge in [0.05, 0.1) is 0 Å². The average Bonchev–Trinajstić information content (AvgIpc) is 2.81. The van der Waals surface area contributed by atoms with Crippen LogP contribution in [0.25, 0.3) is 0 Å². The highest BCUT2D eigenvalue weighted by Gasteiger charge is 2.23. The van der Waals surface area contributed by atoms with Gasteiger partial charge in [0.25, 0.3) is 0 Å². The third-order valence-corrected chi connectivity index (χ3v) is 2.57. The summed E-state index contributed by atoms with van der Waals surface area (Å²) in [5, 5.41) is 3.12. The van der Waals surface area contributed by atoms with Crippen molar-refractivity contribution in [1.82, 2.24) is 5.32 Å². The second kappa shape index (κ2) is 4.94. The second-order valence-corrected chi connectivity index (χ2v) is 3.74. The van der Waals surface area contributed by atoms with Gasteiger partial charge in [-0.2, -0.15) is 0 Å². The molecule has 0 saturated carbocycles. The molecule has 0 spiro atoms. The fraction of sp³-hybridized carbons (Fsp3) is 0.417. The van der Waals surface area contributed by atoms with Gasteiger partial charge in [0.1, 0.15) is 12.6 Å². The Morgan fingerprint density at radius 2 is 2.20 bits per heavy atom. The number of esters is 1. The average molecular weight is 205 g/mol. The molecule has 1 atom stereocenters. The number of rotatable bonds is 3. The highest BCUT2D eigenvalue weighted by Crippen LogP contribution is 2.08. The van der Waals surface area contributed by atoms with Gasteiger partial charge < -0.3 is 10.1 Å². The number of benzene rings is 1. The van der Waals surface area contributed by atoms with Crippen molar-refractivity contribution in [3.8, 4) is 0 Å². The Morgan fingerprint density at radius 1 is 1.40 bits per heavy atom. The van der Waals surface area contributed by atoms with Crippen molar-refractivity contribution in [2.45, 2.75) is 25.5 Å². The normalized spacial score (nSPS) is 20.1. The van der Waals surface area contributed by atoms with E-state index in [0.29, 0.717) is 6.61 Å². The highest BCUT2D eigenvalue weighted by molar-refractivity contribution is 5.76. The van der Waals surface area contributed by atoms with Gasteiger partial charge in [-0.1, -0.05) is 30.3 Å². The lowest BCUT2D eigenvalue weighted by Crippen LogP contribution is -2.32. The van der Waals surface area contributed by atoms with Crippen molar-refractivity contribution >= 4 is 5.97 Å². The van der Waals surface area contributed by atoms with E-state index in [1.165, 1.54) is 0 Å². The van der Waals surface area contributed by atoms with Crippen LogP contribution in [-0.4, -0.2) is 18.6 Å². The minimum absolute atomic E-state index is 0.0892. The van der Waals surface area contributed by atoms with Crippen LogP contribution in [0.5, 0.6) is 0 Å². The molecule has 0 aromatic heterocycles. The van der Waals surface area contributed by atoms with Gasteiger partial charge in [0.15, 0.2) is 0 Å². The van der Waals surface area contributed by atoms with Crippen LogP contribution in [-0.2, 0) is 16.1 Å². The molecular formula is C12H15NO2. The minimum Gasteiger partial charge on any atom is -0.460 e. The SMILES string of the molecule is O=C(OCc1ccccc1)C1CCCN1. The van der Waals surface area contributed by atoms with Crippen LogP contribution in [0, 0.1) is 0 Å². The van der Waals surface area contributed by atoms with Gasteiger partial charge in [-0.05, 0) is 24.9 Å². The van der Waals surface area contributed by atoms with Crippen LogP contribution >= 0.6 is 0 Å². The molecule has 3 heteroatoms. The van der Waals surface area contributed by atoms with Crippen LogP contribution in [0.2, 0.25) is 0 Å². The second-order valence-electron chi connectivity index (χ2n) is 3.74. The van der Waals surface area contributed by atoms with Gasteiger partial charge in [0.2, 0.25) is 0 Å². The van der Waals surface area contributed by atoms with Crippen molar-refractivity contribution < 1.29 is 9.53 Å². The minimum atomic E-state index is -0.128. The van der Waals surface area contributed by atoms with Crippen LogP contribution in [0.15, 0.2) is 30.3 Å².